The van der Waals surface area contributed by atoms with Gasteiger partial charge < -0.3 is 33.8 Å². The molecular formula is C77H150O17P2. The van der Waals surface area contributed by atoms with Gasteiger partial charge in [0.05, 0.1) is 26.4 Å². The molecule has 0 spiro atoms. The summed E-state index contributed by atoms with van der Waals surface area (Å²) in [6.45, 7) is 14.2. The molecule has 0 saturated carbocycles. The van der Waals surface area contributed by atoms with Gasteiger partial charge in [-0.15, -0.1) is 0 Å². The Kier molecular flexibility index (Phi) is 65.0. The van der Waals surface area contributed by atoms with E-state index in [9.17, 15) is 43.2 Å². The number of hydrogen-bond donors (Lipinski definition) is 3. The molecule has 0 aliphatic carbocycles. The molecule has 3 N–H and O–H groups in total. The fraction of sp³-hybridized carbons (Fsp3) is 0.948. The molecule has 0 aromatic heterocycles. The van der Waals surface area contributed by atoms with E-state index in [2.05, 4.69) is 55.4 Å². The number of hydrogen-bond acceptors (Lipinski definition) is 15. The van der Waals surface area contributed by atoms with Crippen molar-refractivity contribution in [3.05, 3.63) is 0 Å². The zero-order chi connectivity index (χ0) is 71.0. The quantitative estimate of drug-likeness (QED) is 0.0222. The molecule has 0 aromatic carbocycles. The number of carbonyl (C=O) groups excluding carboxylic acids is 4. The second-order valence-electron chi connectivity index (χ2n) is 29.4. The van der Waals surface area contributed by atoms with Crippen molar-refractivity contribution < 1.29 is 80.2 Å². The summed E-state index contributed by atoms with van der Waals surface area (Å²) >= 11 is 0. The third-order valence-electron chi connectivity index (χ3n) is 18.2. The molecule has 0 amide bonds. The molecule has 96 heavy (non-hydrogen) atoms. The largest absolute Gasteiger partial charge is 0.472 e. The van der Waals surface area contributed by atoms with Gasteiger partial charge in [-0.05, 0) is 49.4 Å². The Hall–Kier alpha value is -1.94. The van der Waals surface area contributed by atoms with E-state index in [0.717, 1.165) is 120 Å². The van der Waals surface area contributed by atoms with Gasteiger partial charge in [0.2, 0.25) is 0 Å². The highest BCUT2D eigenvalue weighted by atomic mass is 31.2. The van der Waals surface area contributed by atoms with Crippen molar-refractivity contribution in [1.29, 1.82) is 0 Å². The van der Waals surface area contributed by atoms with Gasteiger partial charge in [-0.1, -0.05) is 338 Å². The second kappa shape index (κ2) is 66.3. The smallest absolute Gasteiger partial charge is 0.462 e. The van der Waals surface area contributed by atoms with Crippen LogP contribution in [-0.2, 0) is 65.4 Å². The molecule has 19 heteroatoms. The molecule has 0 radical (unpaired) electrons. The fourth-order valence-electron chi connectivity index (χ4n) is 11.7. The first-order valence-electron chi connectivity index (χ1n) is 39.7. The molecule has 0 rings (SSSR count). The Balaban J connectivity index is 5.20. The van der Waals surface area contributed by atoms with Gasteiger partial charge in [-0.2, -0.15) is 0 Å². The van der Waals surface area contributed by atoms with Crippen LogP contribution in [0.2, 0.25) is 0 Å². The molecule has 6 atom stereocenters. The molecule has 0 aromatic rings. The summed E-state index contributed by atoms with van der Waals surface area (Å²) in [5.41, 5.74) is 0. The van der Waals surface area contributed by atoms with Crippen molar-refractivity contribution in [1.82, 2.24) is 0 Å². The van der Waals surface area contributed by atoms with Crippen LogP contribution in [0.25, 0.3) is 0 Å². The lowest BCUT2D eigenvalue weighted by Crippen LogP contribution is -2.30. The molecule has 0 fully saturated rings. The summed E-state index contributed by atoms with van der Waals surface area (Å²) in [6, 6.07) is 0. The van der Waals surface area contributed by atoms with Crippen molar-refractivity contribution in [2.24, 2.45) is 23.7 Å². The van der Waals surface area contributed by atoms with Gasteiger partial charge >= 0.3 is 39.5 Å². The van der Waals surface area contributed by atoms with Gasteiger partial charge in [0.25, 0.3) is 0 Å². The van der Waals surface area contributed by atoms with Crippen LogP contribution >= 0.6 is 15.6 Å². The number of phosphoric acid groups is 2. The van der Waals surface area contributed by atoms with Crippen LogP contribution in [0, 0.1) is 23.7 Å². The molecular weight excluding hydrogens is 1260 g/mol. The lowest BCUT2D eigenvalue weighted by atomic mass is 10.00. The summed E-state index contributed by atoms with van der Waals surface area (Å²) in [6.07, 6.45) is 51.5. The van der Waals surface area contributed by atoms with E-state index < -0.39 is 97.5 Å². The van der Waals surface area contributed by atoms with Gasteiger partial charge in [-0.3, -0.25) is 37.3 Å². The number of aliphatic hydroxyl groups is 1. The fourth-order valence-corrected chi connectivity index (χ4v) is 13.3. The number of aliphatic hydroxyl groups excluding tert-OH is 1. The number of ether oxygens (including phenoxy) is 4. The van der Waals surface area contributed by atoms with Crippen LogP contribution in [0.4, 0.5) is 0 Å². The Bertz CT molecular complexity index is 1890. The third kappa shape index (κ3) is 69.2. The summed E-state index contributed by atoms with van der Waals surface area (Å²) < 4.78 is 68.5. The zero-order valence-corrected chi connectivity index (χ0v) is 64.8. The molecule has 0 saturated heterocycles. The Morgan fingerprint density at radius 3 is 0.740 bits per heavy atom. The highest BCUT2D eigenvalue weighted by molar-refractivity contribution is 7.47. The molecule has 0 aliphatic rings. The Morgan fingerprint density at radius 1 is 0.292 bits per heavy atom. The van der Waals surface area contributed by atoms with Crippen molar-refractivity contribution in [2.75, 3.05) is 39.6 Å². The van der Waals surface area contributed by atoms with Gasteiger partial charge in [0.1, 0.15) is 19.3 Å². The van der Waals surface area contributed by atoms with E-state index in [1.165, 1.54) is 180 Å². The van der Waals surface area contributed by atoms with E-state index in [0.29, 0.717) is 31.6 Å². The van der Waals surface area contributed by atoms with E-state index in [1.807, 2.05) is 0 Å². The van der Waals surface area contributed by atoms with E-state index in [4.69, 9.17) is 37.0 Å². The number of carbonyl (C=O) groups is 4. The standard InChI is InChI=1S/C77H150O17P2/c1-9-70(8)56-48-40-35-36-42-50-58-75(80)88-64-73(94-77(82)60-52-44-33-27-23-19-15-14-17-21-25-30-38-46-54-68(4)5)66-92-96(85,86)90-62-71(78)61-89-95(83,84)91-65-72(63-87-74(79)57-49-41-34-28-31-39-47-55-69(6)7)93-76(81)59-51-43-32-26-22-18-13-11-10-12-16-20-24-29-37-45-53-67(2)3/h67-73,78H,9-66H2,1-8H3,(H,83,84)(H,85,86)/t70?,71-,72-,73-/m1/s1. The summed E-state index contributed by atoms with van der Waals surface area (Å²) in [5, 5.41) is 10.6. The van der Waals surface area contributed by atoms with E-state index in [1.54, 1.807) is 0 Å². The maximum Gasteiger partial charge on any atom is 0.472 e. The molecule has 0 aliphatic heterocycles. The molecule has 17 nitrogen and oxygen atoms in total. The number of esters is 4. The van der Waals surface area contributed by atoms with Gasteiger partial charge in [-0.25, -0.2) is 9.13 Å². The number of unbranched alkanes of at least 4 members (excludes halogenated alkanes) is 39. The predicted octanol–water partition coefficient (Wildman–Crippen LogP) is 22.4. The summed E-state index contributed by atoms with van der Waals surface area (Å²) in [7, 11) is -9.91. The van der Waals surface area contributed by atoms with Crippen molar-refractivity contribution in [3.8, 4) is 0 Å². The highest BCUT2D eigenvalue weighted by Gasteiger charge is 2.30. The number of phosphoric ester groups is 2. The maximum atomic E-state index is 13.1. The normalized spacial score (nSPS) is 14.4. The first kappa shape index (κ1) is 94.1. The molecule has 570 valence electrons. The van der Waals surface area contributed by atoms with Crippen LogP contribution in [0.5, 0.6) is 0 Å². The Labute approximate surface area is 588 Å². The van der Waals surface area contributed by atoms with E-state index in [-0.39, 0.29) is 25.7 Å². The SMILES string of the molecule is CCC(C)CCCCCCCCC(=O)OC[C@H](COP(=O)(O)OC[C@H](O)COP(=O)(O)OC[C@@H](COC(=O)CCCCCCCCCC(C)C)OC(=O)CCCCCCCCCCCCCCCCCCC(C)C)OC(=O)CCCCCCCCCCCCCCCCC(C)C. The summed E-state index contributed by atoms with van der Waals surface area (Å²) in [5.74, 6) is 0.918. The lowest BCUT2D eigenvalue weighted by Gasteiger charge is -2.21. The van der Waals surface area contributed by atoms with Crippen LogP contribution in [0.3, 0.4) is 0 Å². The first-order valence-corrected chi connectivity index (χ1v) is 42.7. The average Bonchev–Trinajstić information content (AvgIpc) is 3.74. The van der Waals surface area contributed by atoms with Crippen LogP contribution < -0.4 is 0 Å². The van der Waals surface area contributed by atoms with Crippen LogP contribution in [0.15, 0.2) is 0 Å². The minimum absolute atomic E-state index is 0.106. The molecule has 0 heterocycles. The van der Waals surface area contributed by atoms with E-state index >= 15 is 0 Å². The second-order valence-corrected chi connectivity index (χ2v) is 32.3. The monoisotopic (exact) mass is 1410 g/mol. The van der Waals surface area contributed by atoms with Gasteiger partial charge in [0, 0.05) is 25.7 Å². The van der Waals surface area contributed by atoms with Crippen molar-refractivity contribution in [2.45, 2.75) is 408 Å². The predicted molar refractivity (Wildman–Crippen MR) is 391 cm³/mol. The highest BCUT2D eigenvalue weighted by Crippen LogP contribution is 2.45. The minimum Gasteiger partial charge on any atom is -0.462 e. The minimum atomic E-state index is -4.96. The zero-order valence-electron chi connectivity index (χ0n) is 63.0. The maximum absolute atomic E-state index is 13.1. The van der Waals surface area contributed by atoms with Crippen molar-refractivity contribution >= 4 is 39.5 Å². The van der Waals surface area contributed by atoms with Crippen LogP contribution in [0.1, 0.15) is 389 Å². The van der Waals surface area contributed by atoms with Gasteiger partial charge in [0.15, 0.2) is 12.2 Å². The Morgan fingerprint density at radius 2 is 0.500 bits per heavy atom. The van der Waals surface area contributed by atoms with Crippen LogP contribution in [-0.4, -0.2) is 96.7 Å². The third-order valence-corrected chi connectivity index (χ3v) is 20.1. The summed E-state index contributed by atoms with van der Waals surface area (Å²) in [4.78, 5) is 72.8. The topological polar surface area (TPSA) is 237 Å². The molecule has 3 unspecified atom stereocenters. The van der Waals surface area contributed by atoms with Crippen molar-refractivity contribution in [3.63, 3.8) is 0 Å². The molecule has 0 bridgehead atoms. The number of rotatable bonds is 74. The average molecular weight is 1410 g/mol. The first-order chi connectivity index (χ1) is 46.1. The lowest BCUT2D eigenvalue weighted by molar-refractivity contribution is -0.161.